The van der Waals surface area contributed by atoms with E-state index in [-0.39, 0.29) is 0 Å². The predicted octanol–water partition coefficient (Wildman–Crippen LogP) is 2.61. The summed E-state index contributed by atoms with van der Waals surface area (Å²) in [5, 5.41) is 10.1. The largest absolute Gasteiger partial charge is 0.479 e. The van der Waals surface area contributed by atoms with E-state index in [4.69, 9.17) is 21.1 Å². The maximum Gasteiger partial charge on any atom is 0.241 e. The normalized spacial score (nSPS) is 10.5. The molecule has 2 aromatic rings. The Kier molecular flexibility index (Phi) is 2.83. The van der Waals surface area contributed by atoms with Gasteiger partial charge in [0, 0.05) is 5.02 Å². The van der Waals surface area contributed by atoms with Crippen LogP contribution in [0.25, 0.3) is 10.8 Å². The van der Waals surface area contributed by atoms with Crippen molar-refractivity contribution in [2.75, 3.05) is 14.2 Å². The highest BCUT2D eigenvalue weighted by Gasteiger charge is 2.11. The van der Waals surface area contributed by atoms with Crippen molar-refractivity contribution in [2.45, 2.75) is 6.92 Å². The van der Waals surface area contributed by atoms with Gasteiger partial charge in [0.25, 0.3) is 0 Å². The fraction of sp³-hybridized carbons (Fsp3) is 0.273. The highest BCUT2D eigenvalue weighted by atomic mass is 35.5. The van der Waals surface area contributed by atoms with Gasteiger partial charge in [-0.1, -0.05) is 11.6 Å². The Bertz CT molecular complexity index is 494. The Balaban J connectivity index is 2.85. The van der Waals surface area contributed by atoms with Crippen molar-refractivity contribution in [3.05, 3.63) is 22.7 Å². The molecular formula is C11H11ClN2O2. The van der Waals surface area contributed by atoms with Gasteiger partial charge in [0.05, 0.1) is 25.0 Å². The molecule has 1 aromatic heterocycles. The Hall–Kier alpha value is -1.55. The van der Waals surface area contributed by atoms with E-state index in [2.05, 4.69) is 10.2 Å². The van der Waals surface area contributed by atoms with Crippen LogP contribution in [0.15, 0.2) is 12.1 Å². The number of methoxy groups -OCH3 is 2. The lowest BCUT2D eigenvalue weighted by Gasteiger charge is -2.08. The molecule has 0 aliphatic rings. The number of hydrogen-bond acceptors (Lipinski definition) is 4. The van der Waals surface area contributed by atoms with Gasteiger partial charge < -0.3 is 9.47 Å². The van der Waals surface area contributed by atoms with Crippen LogP contribution in [0.5, 0.6) is 11.8 Å². The number of aryl methyl sites for hydroxylation is 1. The Morgan fingerprint density at radius 1 is 1.00 bits per heavy atom. The van der Waals surface area contributed by atoms with Gasteiger partial charge in [-0.25, -0.2) is 0 Å². The molecular weight excluding hydrogens is 228 g/mol. The van der Waals surface area contributed by atoms with E-state index in [9.17, 15) is 0 Å². The maximum atomic E-state index is 6.07. The number of fused-ring (bicyclic) bond motifs is 1. The summed E-state index contributed by atoms with van der Waals surface area (Å²) in [6, 6.07) is 3.72. The number of ether oxygens (including phenoxy) is 2. The quantitative estimate of drug-likeness (QED) is 0.807. The number of halogens is 1. The molecule has 1 heterocycles. The Morgan fingerprint density at radius 3 is 2.00 bits per heavy atom. The van der Waals surface area contributed by atoms with E-state index < -0.39 is 0 Å². The molecule has 2 rings (SSSR count). The molecule has 0 aliphatic carbocycles. The minimum atomic E-state index is 0.442. The van der Waals surface area contributed by atoms with Crippen LogP contribution in [-0.2, 0) is 0 Å². The van der Waals surface area contributed by atoms with E-state index in [1.807, 2.05) is 19.1 Å². The molecule has 0 unspecified atom stereocenters. The second-order valence-corrected chi connectivity index (χ2v) is 3.77. The zero-order valence-corrected chi connectivity index (χ0v) is 10.00. The molecule has 5 heteroatoms. The number of rotatable bonds is 2. The summed E-state index contributed by atoms with van der Waals surface area (Å²) in [6.45, 7) is 1.92. The topological polar surface area (TPSA) is 44.2 Å². The molecule has 0 bridgehead atoms. The van der Waals surface area contributed by atoms with Crippen molar-refractivity contribution >= 4 is 22.4 Å². The highest BCUT2D eigenvalue weighted by Crippen LogP contribution is 2.32. The van der Waals surface area contributed by atoms with Crippen LogP contribution in [0, 0.1) is 6.92 Å². The number of nitrogens with zero attached hydrogens (tertiary/aromatic N) is 2. The molecule has 0 fully saturated rings. The van der Waals surface area contributed by atoms with Crippen LogP contribution >= 0.6 is 11.6 Å². The first-order valence-corrected chi connectivity index (χ1v) is 5.09. The molecule has 0 radical (unpaired) electrons. The van der Waals surface area contributed by atoms with Gasteiger partial charge in [0.1, 0.15) is 0 Å². The van der Waals surface area contributed by atoms with Crippen LogP contribution < -0.4 is 9.47 Å². The third-order valence-corrected chi connectivity index (χ3v) is 2.79. The molecule has 84 valence electrons. The number of hydrogen-bond donors (Lipinski definition) is 0. The minimum Gasteiger partial charge on any atom is -0.479 e. The van der Waals surface area contributed by atoms with Gasteiger partial charge in [-0.15, -0.1) is 10.2 Å². The summed E-state index contributed by atoms with van der Waals surface area (Å²) in [5.41, 5.74) is 0.961. The van der Waals surface area contributed by atoms with Gasteiger partial charge in [-0.2, -0.15) is 0 Å². The molecule has 4 nitrogen and oxygen atoms in total. The summed E-state index contributed by atoms with van der Waals surface area (Å²) < 4.78 is 10.3. The lowest BCUT2D eigenvalue weighted by atomic mass is 10.1. The van der Waals surface area contributed by atoms with E-state index in [1.165, 1.54) is 0 Å². The van der Waals surface area contributed by atoms with E-state index in [0.717, 1.165) is 16.3 Å². The average Bonchev–Trinajstić information content (AvgIpc) is 2.29. The van der Waals surface area contributed by atoms with Gasteiger partial charge in [-0.3, -0.25) is 0 Å². The molecule has 0 spiro atoms. The minimum absolute atomic E-state index is 0.442. The fourth-order valence-electron chi connectivity index (χ4n) is 1.54. The molecule has 0 N–H and O–H groups in total. The van der Waals surface area contributed by atoms with Gasteiger partial charge in [0.2, 0.25) is 11.8 Å². The van der Waals surface area contributed by atoms with Crippen LogP contribution in [0.2, 0.25) is 5.02 Å². The zero-order chi connectivity index (χ0) is 11.7. The Morgan fingerprint density at radius 2 is 1.50 bits per heavy atom. The SMILES string of the molecule is COc1nnc(OC)c2cc(Cl)c(C)cc12. The van der Waals surface area contributed by atoms with Crippen molar-refractivity contribution in [1.29, 1.82) is 0 Å². The van der Waals surface area contributed by atoms with Crippen molar-refractivity contribution < 1.29 is 9.47 Å². The second kappa shape index (κ2) is 4.14. The molecule has 16 heavy (non-hydrogen) atoms. The summed E-state index contributed by atoms with van der Waals surface area (Å²) >= 11 is 6.07. The lowest BCUT2D eigenvalue weighted by Crippen LogP contribution is -1.97. The third kappa shape index (κ3) is 1.65. The first-order valence-electron chi connectivity index (χ1n) is 4.72. The standard InChI is InChI=1S/C11H11ClN2O2/c1-6-4-7-8(5-9(6)12)11(16-3)14-13-10(7)15-2/h4-5H,1-3H3. The molecule has 0 saturated carbocycles. The average molecular weight is 239 g/mol. The molecule has 1 aromatic carbocycles. The van der Waals surface area contributed by atoms with Gasteiger partial charge in [-0.05, 0) is 24.6 Å². The fourth-order valence-corrected chi connectivity index (χ4v) is 1.70. The van der Waals surface area contributed by atoms with E-state index >= 15 is 0 Å². The van der Waals surface area contributed by atoms with Crippen molar-refractivity contribution in [2.24, 2.45) is 0 Å². The van der Waals surface area contributed by atoms with Crippen LogP contribution in [0.1, 0.15) is 5.56 Å². The van der Waals surface area contributed by atoms with Gasteiger partial charge >= 0.3 is 0 Å². The van der Waals surface area contributed by atoms with E-state index in [1.54, 1.807) is 14.2 Å². The second-order valence-electron chi connectivity index (χ2n) is 3.37. The molecule has 0 aliphatic heterocycles. The summed E-state index contributed by atoms with van der Waals surface area (Å²) in [7, 11) is 3.10. The van der Waals surface area contributed by atoms with Crippen LogP contribution in [0.4, 0.5) is 0 Å². The van der Waals surface area contributed by atoms with E-state index in [0.29, 0.717) is 16.8 Å². The van der Waals surface area contributed by atoms with Crippen LogP contribution in [0.3, 0.4) is 0 Å². The van der Waals surface area contributed by atoms with Crippen LogP contribution in [-0.4, -0.2) is 24.4 Å². The molecule has 0 amide bonds. The first kappa shape index (κ1) is 11.0. The third-order valence-electron chi connectivity index (χ3n) is 2.38. The Labute approximate surface area is 98.1 Å². The van der Waals surface area contributed by atoms with Gasteiger partial charge in [0.15, 0.2) is 0 Å². The number of aromatic nitrogens is 2. The zero-order valence-electron chi connectivity index (χ0n) is 9.24. The highest BCUT2D eigenvalue weighted by molar-refractivity contribution is 6.32. The summed E-state index contributed by atoms with van der Waals surface area (Å²) in [5.74, 6) is 0.910. The smallest absolute Gasteiger partial charge is 0.241 e. The lowest BCUT2D eigenvalue weighted by molar-refractivity contribution is 0.376. The molecule has 0 atom stereocenters. The first-order chi connectivity index (χ1) is 7.67. The monoisotopic (exact) mass is 238 g/mol. The predicted molar refractivity (Wildman–Crippen MR) is 62.4 cm³/mol. The summed E-state index contributed by atoms with van der Waals surface area (Å²) in [6.07, 6.45) is 0. The van der Waals surface area contributed by atoms with Crippen molar-refractivity contribution in [1.82, 2.24) is 10.2 Å². The van der Waals surface area contributed by atoms with Crippen molar-refractivity contribution in [3.8, 4) is 11.8 Å². The van der Waals surface area contributed by atoms with Crippen molar-refractivity contribution in [3.63, 3.8) is 0 Å². The number of benzene rings is 1. The maximum absolute atomic E-state index is 6.07. The summed E-state index contributed by atoms with van der Waals surface area (Å²) in [4.78, 5) is 0. The molecule has 0 saturated heterocycles.